The van der Waals surface area contributed by atoms with Crippen LogP contribution in [0.2, 0.25) is 0 Å². The number of hydrogen-bond donors (Lipinski definition) is 3. The molecule has 1 aliphatic heterocycles. The summed E-state index contributed by atoms with van der Waals surface area (Å²) < 4.78 is 10.9. The summed E-state index contributed by atoms with van der Waals surface area (Å²) in [7, 11) is 3.18. The number of ether oxygens (including phenoxy) is 2. The third-order valence-corrected chi connectivity index (χ3v) is 5.33. The Morgan fingerprint density at radius 2 is 1.84 bits per heavy atom. The zero-order valence-electron chi connectivity index (χ0n) is 18.5. The largest absolute Gasteiger partial charge is 0.493 e. The minimum absolute atomic E-state index is 0.214. The molecular weight excluding hydrogens is 396 g/mol. The van der Waals surface area contributed by atoms with Gasteiger partial charge in [0, 0.05) is 25.3 Å². The van der Waals surface area contributed by atoms with Crippen molar-refractivity contribution in [1.29, 1.82) is 0 Å². The van der Waals surface area contributed by atoms with Crippen molar-refractivity contribution in [3.05, 3.63) is 53.1 Å². The van der Waals surface area contributed by atoms with Gasteiger partial charge in [-0.1, -0.05) is 12.1 Å². The average molecular weight is 427 g/mol. The molecule has 1 heterocycles. The minimum atomic E-state index is -0.351. The second-order valence-corrected chi connectivity index (χ2v) is 7.41. The molecule has 0 saturated carbocycles. The van der Waals surface area contributed by atoms with E-state index in [0.29, 0.717) is 31.0 Å². The number of carbonyl (C=O) groups excluding carboxylic acids is 2. The lowest BCUT2D eigenvalue weighted by molar-refractivity contribution is 0.179. The Balaban J connectivity index is 1.90. The van der Waals surface area contributed by atoms with E-state index in [0.717, 1.165) is 22.4 Å². The first-order chi connectivity index (χ1) is 15.0. The maximum absolute atomic E-state index is 13.2. The molecule has 0 spiro atoms. The molecule has 0 fully saturated rings. The average Bonchev–Trinajstić information content (AvgIpc) is 2.76. The van der Waals surface area contributed by atoms with E-state index >= 15 is 0 Å². The number of carbonyl (C=O) groups is 2. The molecule has 8 nitrogen and oxygen atoms in total. The van der Waals surface area contributed by atoms with Crippen LogP contribution < -0.4 is 25.4 Å². The van der Waals surface area contributed by atoms with Gasteiger partial charge in [-0.2, -0.15) is 0 Å². The molecule has 3 rings (SSSR count). The predicted octanol–water partition coefficient (Wildman–Crippen LogP) is 3.46. The van der Waals surface area contributed by atoms with Crippen LogP contribution in [0, 0.1) is 6.92 Å². The normalized spacial score (nSPS) is 15.0. The highest BCUT2D eigenvalue weighted by molar-refractivity contribution is 5.90. The fourth-order valence-electron chi connectivity index (χ4n) is 3.82. The summed E-state index contributed by atoms with van der Waals surface area (Å²) in [5.74, 6) is 1.24. The number of rotatable bonds is 6. The van der Waals surface area contributed by atoms with Gasteiger partial charge in [0.1, 0.15) is 0 Å². The third kappa shape index (κ3) is 5.20. The van der Waals surface area contributed by atoms with Crippen molar-refractivity contribution in [1.82, 2.24) is 15.5 Å². The van der Waals surface area contributed by atoms with Crippen LogP contribution in [0.5, 0.6) is 11.5 Å². The smallest absolute Gasteiger partial charge is 0.322 e. The molecule has 0 saturated heterocycles. The van der Waals surface area contributed by atoms with Crippen molar-refractivity contribution >= 4 is 17.7 Å². The molecule has 166 valence electrons. The molecule has 0 bridgehead atoms. The minimum Gasteiger partial charge on any atom is -0.493 e. The van der Waals surface area contributed by atoms with Crippen LogP contribution in [0.1, 0.15) is 29.7 Å². The van der Waals surface area contributed by atoms with Crippen LogP contribution in [0.3, 0.4) is 0 Å². The van der Waals surface area contributed by atoms with Gasteiger partial charge in [-0.25, -0.2) is 9.59 Å². The molecule has 4 amide bonds. The predicted molar refractivity (Wildman–Crippen MR) is 120 cm³/mol. The SMILES string of the molecule is CCNC(=O)NC[C@@H]1c2cc(OC)c(OC)cc2CCN1C(=O)Nc1cccc(C)c1. The van der Waals surface area contributed by atoms with E-state index < -0.39 is 0 Å². The Labute approximate surface area is 182 Å². The van der Waals surface area contributed by atoms with E-state index in [4.69, 9.17) is 9.47 Å². The van der Waals surface area contributed by atoms with Crippen LogP contribution in [0.15, 0.2) is 36.4 Å². The number of amides is 4. The molecule has 3 N–H and O–H groups in total. The van der Waals surface area contributed by atoms with Crippen LogP contribution in [0.4, 0.5) is 15.3 Å². The lowest BCUT2D eigenvalue weighted by atomic mass is 9.92. The van der Waals surface area contributed by atoms with Crippen LogP contribution in [0.25, 0.3) is 0 Å². The molecule has 0 aromatic heterocycles. The Hall–Kier alpha value is -3.42. The van der Waals surface area contributed by atoms with Gasteiger partial charge in [-0.05, 0) is 61.2 Å². The molecule has 1 aliphatic rings. The van der Waals surface area contributed by atoms with Crippen molar-refractivity contribution < 1.29 is 19.1 Å². The first kappa shape index (κ1) is 22.3. The number of fused-ring (bicyclic) bond motifs is 1. The number of aryl methyl sites for hydroxylation is 1. The fourth-order valence-corrected chi connectivity index (χ4v) is 3.82. The highest BCUT2D eigenvalue weighted by Crippen LogP contribution is 2.38. The molecule has 0 unspecified atom stereocenters. The zero-order valence-corrected chi connectivity index (χ0v) is 18.5. The Bertz CT molecular complexity index is 947. The molecule has 31 heavy (non-hydrogen) atoms. The number of benzene rings is 2. The molecule has 1 atom stereocenters. The molecule has 0 radical (unpaired) electrons. The maximum atomic E-state index is 13.2. The zero-order chi connectivity index (χ0) is 22.4. The molecule has 8 heteroatoms. The van der Waals surface area contributed by atoms with Gasteiger partial charge >= 0.3 is 12.1 Å². The molecule has 2 aromatic rings. The van der Waals surface area contributed by atoms with Gasteiger partial charge in [-0.15, -0.1) is 0 Å². The Kier molecular flexibility index (Phi) is 7.23. The van der Waals surface area contributed by atoms with Crippen LogP contribution in [-0.4, -0.2) is 50.8 Å². The summed E-state index contributed by atoms with van der Waals surface area (Å²) in [6.45, 7) is 5.15. The van der Waals surface area contributed by atoms with Crippen molar-refractivity contribution in [3.8, 4) is 11.5 Å². The number of anilines is 1. The van der Waals surface area contributed by atoms with Gasteiger partial charge in [0.2, 0.25) is 0 Å². The van der Waals surface area contributed by atoms with E-state index in [1.807, 2.05) is 50.2 Å². The number of methoxy groups -OCH3 is 2. The number of nitrogens with zero attached hydrogens (tertiary/aromatic N) is 1. The number of hydrogen-bond acceptors (Lipinski definition) is 4. The van der Waals surface area contributed by atoms with Gasteiger partial charge in [0.05, 0.1) is 20.3 Å². The highest BCUT2D eigenvalue weighted by atomic mass is 16.5. The van der Waals surface area contributed by atoms with Crippen molar-refractivity contribution in [2.75, 3.05) is 39.2 Å². The van der Waals surface area contributed by atoms with Crippen LogP contribution >= 0.6 is 0 Å². The lowest BCUT2D eigenvalue weighted by Gasteiger charge is -2.37. The second kappa shape index (κ2) is 10.1. The topological polar surface area (TPSA) is 91.9 Å². The third-order valence-electron chi connectivity index (χ3n) is 5.33. The van der Waals surface area contributed by atoms with Crippen LogP contribution in [-0.2, 0) is 6.42 Å². The van der Waals surface area contributed by atoms with Gasteiger partial charge < -0.3 is 30.3 Å². The van der Waals surface area contributed by atoms with E-state index in [-0.39, 0.29) is 24.6 Å². The Morgan fingerprint density at radius 1 is 1.10 bits per heavy atom. The van der Waals surface area contributed by atoms with Crippen molar-refractivity contribution in [2.45, 2.75) is 26.3 Å². The van der Waals surface area contributed by atoms with Crippen molar-refractivity contribution in [2.24, 2.45) is 0 Å². The second-order valence-electron chi connectivity index (χ2n) is 7.41. The maximum Gasteiger partial charge on any atom is 0.322 e. The number of nitrogens with one attached hydrogen (secondary N) is 3. The Morgan fingerprint density at radius 3 is 2.52 bits per heavy atom. The summed E-state index contributed by atoms with van der Waals surface area (Å²) in [4.78, 5) is 27.0. The monoisotopic (exact) mass is 426 g/mol. The first-order valence-electron chi connectivity index (χ1n) is 10.4. The summed E-state index contributed by atoms with van der Waals surface area (Å²) in [5.41, 5.74) is 3.80. The van der Waals surface area contributed by atoms with Gasteiger partial charge in [0.15, 0.2) is 11.5 Å². The summed E-state index contributed by atoms with van der Waals surface area (Å²) in [6.07, 6.45) is 0.675. The van der Waals surface area contributed by atoms with Gasteiger partial charge in [-0.3, -0.25) is 0 Å². The molecular formula is C23H30N4O4. The number of urea groups is 2. The highest BCUT2D eigenvalue weighted by Gasteiger charge is 2.32. The summed E-state index contributed by atoms with van der Waals surface area (Å²) in [6, 6.07) is 10.7. The van der Waals surface area contributed by atoms with E-state index in [1.54, 1.807) is 19.1 Å². The molecule has 0 aliphatic carbocycles. The molecule has 2 aromatic carbocycles. The van der Waals surface area contributed by atoms with E-state index in [2.05, 4.69) is 16.0 Å². The first-order valence-corrected chi connectivity index (χ1v) is 10.4. The van der Waals surface area contributed by atoms with Crippen molar-refractivity contribution in [3.63, 3.8) is 0 Å². The fraction of sp³-hybridized carbons (Fsp3) is 0.391. The summed E-state index contributed by atoms with van der Waals surface area (Å²) >= 11 is 0. The standard InChI is InChI=1S/C23H30N4O4/c1-5-24-22(28)25-14-19-18-13-21(31-4)20(30-3)12-16(18)9-10-27(19)23(29)26-17-8-6-7-15(2)11-17/h6-8,11-13,19H,5,9-10,14H2,1-4H3,(H,26,29)(H2,24,25,28)/t19-/m1/s1. The van der Waals surface area contributed by atoms with Gasteiger partial charge in [0.25, 0.3) is 0 Å². The summed E-state index contributed by atoms with van der Waals surface area (Å²) in [5, 5.41) is 8.58. The quantitative estimate of drug-likeness (QED) is 0.660. The lowest BCUT2D eigenvalue weighted by Crippen LogP contribution is -2.48. The van der Waals surface area contributed by atoms with E-state index in [9.17, 15) is 9.59 Å². The van der Waals surface area contributed by atoms with E-state index in [1.165, 1.54) is 0 Å².